The summed E-state index contributed by atoms with van der Waals surface area (Å²) in [6, 6.07) is 0. The minimum absolute atomic E-state index is 0.0296. The van der Waals surface area contributed by atoms with Gasteiger partial charge >= 0.3 is 0 Å². The molecule has 10 nitrogen and oxygen atoms in total. The van der Waals surface area contributed by atoms with Gasteiger partial charge in [0.2, 0.25) is 5.91 Å². The molecule has 0 aromatic carbocycles. The van der Waals surface area contributed by atoms with Crippen LogP contribution in [-0.4, -0.2) is 126 Å². The van der Waals surface area contributed by atoms with E-state index in [1.54, 1.807) is 13.8 Å². The number of aliphatic hydroxyl groups is 3. The highest BCUT2D eigenvalue weighted by molar-refractivity contribution is 5.78. The van der Waals surface area contributed by atoms with Crippen molar-refractivity contribution in [2.75, 3.05) is 52.5 Å². The van der Waals surface area contributed by atoms with E-state index in [2.05, 4.69) is 39.5 Å². The molecule has 50 heavy (non-hydrogen) atoms. The zero-order chi connectivity index (χ0) is 35.6. The molecule has 2 spiro atoms. The zero-order valence-corrected chi connectivity index (χ0v) is 31.9. The summed E-state index contributed by atoms with van der Waals surface area (Å²) < 4.78 is 25.2. The number of hydrogen-bond donors (Lipinski definition) is 3. The van der Waals surface area contributed by atoms with Crippen molar-refractivity contribution >= 4 is 5.91 Å². The van der Waals surface area contributed by atoms with Gasteiger partial charge in [0.15, 0.2) is 6.29 Å². The number of aliphatic hydroxyl groups excluding tert-OH is 2. The van der Waals surface area contributed by atoms with Gasteiger partial charge in [-0.15, -0.1) is 0 Å². The second-order valence-corrected chi connectivity index (χ2v) is 19.8. The Bertz CT molecular complexity index is 1320. The van der Waals surface area contributed by atoms with Crippen molar-refractivity contribution in [3.63, 3.8) is 0 Å². The molecule has 3 heterocycles. The van der Waals surface area contributed by atoms with E-state index in [1.165, 1.54) is 12.8 Å². The average molecular weight is 703 g/mol. The van der Waals surface area contributed by atoms with Gasteiger partial charge in [0.1, 0.15) is 6.10 Å². The molecule has 3 N–H and O–H groups in total. The predicted octanol–water partition coefficient (Wildman–Crippen LogP) is 3.83. The summed E-state index contributed by atoms with van der Waals surface area (Å²) in [5, 5.41) is 34.2. The van der Waals surface area contributed by atoms with Gasteiger partial charge in [0.05, 0.1) is 62.9 Å². The van der Waals surface area contributed by atoms with Gasteiger partial charge in [-0.25, -0.2) is 0 Å². The van der Waals surface area contributed by atoms with Gasteiger partial charge in [-0.1, -0.05) is 34.6 Å². The molecule has 8 aliphatic rings. The molecule has 10 heteroatoms. The summed E-state index contributed by atoms with van der Waals surface area (Å²) >= 11 is 0. The molecule has 8 fully saturated rings. The van der Waals surface area contributed by atoms with Gasteiger partial charge in [0, 0.05) is 25.0 Å². The Kier molecular flexibility index (Phi) is 8.73. The second kappa shape index (κ2) is 12.1. The van der Waals surface area contributed by atoms with Crippen LogP contribution in [0.25, 0.3) is 0 Å². The van der Waals surface area contributed by atoms with Crippen LogP contribution in [0.2, 0.25) is 0 Å². The summed E-state index contributed by atoms with van der Waals surface area (Å²) in [7, 11) is 0. The van der Waals surface area contributed by atoms with Gasteiger partial charge in [-0.3, -0.25) is 9.69 Å². The van der Waals surface area contributed by atoms with Crippen LogP contribution in [0, 0.1) is 50.7 Å². The Labute approximate surface area is 299 Å². The van der Waals surface area contributed by atoms with E-state index in [4.69, 9.17) is 18.9 Å². The summed E-state index contributed by atoms with van der Waals surface area (Å²) in [6.45, 7) is 20.3. The third-order valence-electron chi connectivity index (χ3n) is 17.0. The van der Waals surface area contributed by atoms with E-state index in [0.29, 0.717) is 57.7 Å². The molecule has 0 radical (unpaired) electrons. The number of morpholine rings is 2. The number of carbonyl (C=O) groups is 1. The summed E-state index contributed by atoms with van der Waals surface area (Å²) in [4.78, 5) is 17.3. The Balaban J connectivity index is 0.974. The fraction of sp³-hybridized carbons (Fsp3) is 0.975. The summed E-state index contributed by atoms with van der Waals surface area (Å²) in [5.41, 5.74) is -1.10. The molecule has 5 unspecified atom stereocenters. The van der Waals surface area contributed by atoms with Crippen molar-refractivity contribution in [1.82, 2.24) is 9.80 Å². The number of amides is 1. The minimum atomic E-state index is -1.26. The normalized spacial score (nSPS) is 50.7. The van der Waals surface area contributed by atoms with E-state index in [9.17, 15) is 20.1 Å². The number of nitrogens with zero attached hydrogens (tertiary/aromatic N) is 2. The lowest BCUT2D eigenvalue weighted by molar-refractivity contribution is -0.248. The lowest BCUT2D eigenvalue weighted by Gasteiger charge is -2.64. The lowest BCUT2D eigenvalue weighted by Crippen LogP contribution is -2.60. The van der Waals surface area contributed by atoms with Gasteiger partial charge < -0.3 is 39.2 Å². The quantitative estimate of drug-likeness (QED) is 0.380. The van der Waals surface area contributed by atoms with E-state index in [-0.39, 0.29) is 57.0 Å². The molecular weight excluding hydrogens is 636 g/mol. The van der Waals surface area contributed by atoms with E-state index in [0.717, 1.165) is 45.2 Å². The highest BCUT2D eigenvalue weighted by Gasteiger charge is 2.84. The van der Waals surface area contributed by atoms with Crippen LogP contribution >= 0.6 is 0 Å². The number of rotatable bonds is 6. The van der Waals surface area contributed by atoms with Crippen molar-refractivity contribution in [3.05, 3.63) is 0 Å². The molecule has 3 saturated heterocycles. The molecule has 0 aromatic heterocycles. The molecule has 5 aliphatic carbocycles. The summed E-state index contributed by atoms with van der Waals surface area (Å²) in [5.74, 6) is 1.64. The Morgan fingerprint density at radius 1 is 0.980 bits per heavy atom. The maximum atomic E-state index is 13.2. The second-order valence-electron chi connectivity index (χ2n) is 19.8. The van der Waals surface area contributed by atoms with Crippen molar-refractivity contribution in [2.45, 2.75) is 142 Å². The van der Waals surface area contributed by atoms with Crippen LogP contribution in [0.1, 0.15) is 99.8 Å². The van der Waals surface area contributed by atoms with E-state index in [1.807, 2.05) is 4.90 Å². The molecule has 284 valence electrons. The predicted molar refractivity (Wildman–Crippen MR) is 187 cm³/mol. The van der Waals surface area contributed by atoms with Crippen LogP contribution in [0.4, 0.5) is 0 Å². The smallest absolute Gasteiger partial charge is 0.237 e. The van der Waals surface area contributed by atoms with Crippen LogP contribution in [0.3, 0.4) is 0 Å². The van der Waals surface area contributed by atoms with Crippen molar-refractivity contribution in [1.29, 1.82) is 0 Å². The molecule has 3 aliphatic heterocycles. The first-order chi connectivity index (χ1) is 23.5. The molecule has 0 aromatic rings. The molecule has 14 atom stereocenters. The third kappa shape index (κ3) is 5.04. The molecule has 0 bridgehead atoms. The average Bonchev–Trinajstić information content (AvgIpc) is 3.70. The standard InChI is InChI=1S/C40H66N2O8/c1-24-20-25(33(44)36(4,5)46)49-32-31(24)37(6)12-13-40-23-39(40)11-10-28(35(2,3)26(39)8-9-27(40)38(37,7)34(32)45)50-30-22-42(16-19-48-30)29(43)21-41-14-17-47-18-15-41/h24-28,30-34,44-46H,8-23H2,1-7H3/t24-,25?,26+,27+,28+,30?,31?,32?,33+,34+,37-,38-,39-,40?/m1/s1. The highest BCUT2D eigenvalue weighted by atomic mass is 16.7. The fourth-order valence-corrected chi connectivity index (χ4v) is 14.4. The first-order valence-electron chi connectivity index (χ1n) is 20.1. The zero-order valence-electron chi connectivity index (χ0n) is 31.9. The number of ether oxygens (including phenoxy) is 4. The van der Waals surface area contributed by atoms with Gasteiger partial charge in [-0.2, -0.15) is 0 Å². The molecule has 1 amide bonds. The van der Waals surface area contributed by atoms with Gasteiger partial charge in [0.25, 0.3) is 0 Å². The topological polar surface area (TPSA) is 121 Å². The fourth-order valence-electron chi connectivity index (χ4n) is 14.4. The van der Waals surface area contributed by atoms with Crippen LogP contribution in [0.5, 0.6) is 0 Å². The monoisotopic (exact) mass is 702 g/mol. The number of fused-ring (bicyclic) bond motifs is 4. The number of carbonyl (C=O) groups excluding carboxylic acids is 1. The lowest BCUT2D eigenvalue weighted by atomic mass is 9.41. The minimum Gasteiger partial charge on any atom is -0.390 e. The Morgan fingerprint density at radius 3 is 2.40 bits per heavy atom. The molecule has 8 rings (SSSR count). The van der Waals surface area contributed by atoms with Crippen LogP contribution in [-0.2, 0) is 23.7 Å². The third-order valence-corrected chi connectivity index (χ3v) is 17.0. The highest BCUT2D eigenvalue weighted by Crippen LogP contribution is 2.89. The maximum absolute atomic E-state index is 13.2. The Morgan fingerprint density at radius 2 is 1.68 bits per heavy atom. The van der Waals surface area contributed by atoms with Crippen molar-refractivity contribution in [3.8, 4) is 0 Å². The first-order valence-corrected chi connectivity index (χ1v) is 20.1. The number of hydrogen-bond acceptors (Lipinski definition) is 9. The van der Waals surface area contributed by atoms with Crippen molar-refractivity contribution in [2.24, 2.45) is 50.7 Å². The van der Waals surface area contributed by atoms with Gasteiger partial charge in [-0.05, 0) is 111 Å². The van der Waals surface area contributed by atoms with E-state index < -0.39 is 30.2 Å². The van der Waals surface area contributed by atoms with E-state index >= 15 is 0 Å². The van der Waals surface area contributed by atoms with Crippen LogP contribution < -0.4 is 0 Å². The molecular formula is C40H66N2O8. The summed E-state index contributed by atoms with van der Waals surface area (Å²) in [6.07, 6.45) is 5.94. The Hall–Kier alpha value is -0.850. The maximum Gasteiger partial charge on any atom is 0.237 e. The van der Waals surface area contributed by atoms with Crippen molar-refractivity contribution < 1.29 is 39.1 Å². The largest absolute Gasteiger partial charge is 0.390 e. The SMILES string of the molecule is C[C@@H]1CC([C@H](O)C(C)(C)O)OC2C1[C@@]1(C)CCC34C[C@@]35CC[C@H](OC3CN(C(=O)CN6CCOCC6)CCO3)C(C)(C)[C@@H]5CC[C@H]4[C@]1(C)[C@H]2O. The molecule has 5 saturated carbocycles. The first kappa shape index (κ1) is 36.1. The van der Waals surface area contributed by atoms with Crippen LogP contribution in [0.15, 0.2) is 0 Å².